The van der Waals surface area contributed by atoms with Crippen LogP contribution in [0, 0.1) is 0 Å². The summed E-state index contributed by atoms with van der Waals surface area (Å²) in [5.74, 6) is -0.269. The van der Waals surface area contributed by atoms with Crippen LogP contribution in [0.5, 0.6) is 0 Å². The summed E-state index contributed by atoms with van der Waals surface area (Å²) in [5.41, 5.74) is 3.73. The van der Waals surface area contributed by atoms with Gasteiger partial charge in [0.25, 0.3) is 5.56 Å². The Morgan fingerprint density at radius 2 is 1.54 bits per heavy atom. The predicted octanol–water partition coefficient (Wildman–Crippen LogP) is 3.93. The molecule has 26 heavy (non-hydrogen) atoms. The van der Waals surface area contributed by atoms with Crippen LogP contribution in [-0.2, 0) is 22.5 Å². The lowest BCUT2D eigenvalue weighted by Crippen LogP contribution is -2.19. The van der Waals surface area contributed by atoms with E-state index in [1.165, 1.54) is 7.11 Å². The third-order valence-electron chi connectivity index (χ3n) is 4.11. The van der Waals surface area contributed by atoms with Crippen LogP contribution in [0.15, 0.2) is 71.7 Å². The molecule has 0 N–H and O–H groups in total. The normalized spacial score (nSPS) is 10.5. The van der Waals surface area contributed by atoms with Gasteiger partial charge in [-0.2, -0.15) is 0 Å². The van der Waals surface area contributed by atoms with E-state index in [4.69, 9.17) is 11.6 Å². The van der Waals surface area contributed by atoms with Gasteiger partial charge in [0.1, 0.15) is 0 Å². The molecule has 4 nitrogen and oxygen atoms in total. The molecule has 0 aliphatic rings. The van der Waals surface area contributed by atoms with Crippen molar-refractivity contribution in [3.05, 3.63) is 93.4 Å². The fourth-order valence-electron chi connectivity index (χ4n) is 2.67. The van der Waals surface area contributed by atoms with E-state index in [9.17, 15) is 9.59 Å². The average Bonchev–Trinajstić information content (AvgIpc) is 2.66. The first-order valence-electron chi connectivity index (χ1n) is 8.16. The van der Waals surface area contributed by atoms with E-state index < -0.39 is 0 Å². The fraction of sp³-hybridized carbons (Fsp3) is 0.143. The molecule has 0 fully saturated rings. The van der Waals surface area contributed by atoms with Crippen molar-refractivity contribution >= 4 is 17.6 Å². The van der Waals surface area contributed by atoms with Gasteiger partial charge in [0, 0.05) is 17.3 Å². The zero-order valence-corrected chi connectivity index (χ0v) is 15.1. The number of carbonyl (C=O) groups excluding carboxylic acids is 1. The number of ether oxygens (including phenoxy) is 1. The third-order valence-corrected chi connectivity index (χ3v) is 4.37. The summed E-state index contributed by atoms with van der Waals surface area (Å²) < 4.78 is 6.34. The second kappa shape index (κ2) is 8.02. The zero-order valence-electron chi connectivity index (χ0n) is 14.3. The number of pyridine rings is 1. The second-order valence-corrected chi connectivity index (χ2v) is 6.40. The first-order valence-corrected chi connectivity index (χ1v) is 8.54. The molecule has 0 aliphatic heterocycles. The molecule has 0 atom stereocenters. The molecule has 3 aromatic rings. The highest BCUT2D eigenvalue weighted by Gasteiger charge is 2.05. The van der Waals surface area contributed by atoms with Gasteiger partial charge in [-0.3, -0.25) is 9.59 Å². The van der Waals surface area contributed by atoms with Gasteiger partial charge < -0.3 is 9.30 Å². The molecule has 0 aliphatic carbocycles. The molecule has 0 radical (unpaired) electrons. The highest BCUT2D eigenvalue weighted by atomic mass is 35.5. The lowest BCUT2D eigenvalue weighted by atomic mass is 10.0. The summed E-state index contributed by atoms with van der Waals surface area (Å²) in [6.07, 6.45) is 2.08. The van der Waals surface area contributed by atoms with E-state index in [0.29, 0.717) is 11.6 Å². The molecule has 0 bridgehead atoms. The standard InChI is InChI=1S/C21H18ClNO3/c1-26-21(25)12-15-2-6-17(7-3-15)18-8-11-20(24)23(14-18)13-16-4-9-19(22)10-5-16/h2-11,14H,12-13H2,1H3. The quantitative estimate of drug-likeness (QED) is 0.642. The minimum absolute atomic E-state index is 0.0639. The summed E-state index contributed by atoms with van der Waals surface area (Å²) in [7, 11) is 1.38. The molecule has 132 valence electrons. The molecule has 2 aromatic carbocycles. The first kappa shape index (κ1) is 18.0. The second-order valence-electron chi connectivity index (χ2n) is 5.96. The molecule has 5 heteroatoms. The molecule has 3 rings (SSSR count). The number of hydrogen-bond acceptors (Lipinski definition) is 3. The molecule has 1 aromatic heterocycles. The Morgan fingerprint density at radius 1 is 0.923 bits per heavy atom. The van der Waals surface area contributed by atoms with Crippen LogP contribution in [0.1, 0.15) is 11.1 Å². The van der Waals surface area contributed by atoms with Crippen molar-refractivity contribution in [2.45, 2.75) is 13.0 Å². The Kier molecular flexibility index (Phi) is 5.54. The van der Waals surface area contributed by atoms with E-state index in [1.807, 2.05) is 54.7 Å². The largest absolute Gasteiger partial charge is 0.469 e. The predicted molar refractivity (Wildman–Crippen MR) is 102 cm³/mol. The molecule has 0 spiro atoms. The van der Waals surface area contributed by atoms with Gasteiger partial charge >= 0.3 is 5.97 Å². The average molecular weight is 368 g/mol. The van der Waals surface area contributed by atoms with E-state index in [0.717, 1.165) is 22.3 Å². The van der Waals surface area contributed by atoms with Crippen molar-refractivity contribution in [2.24, 2.45) is 0 Å². The summed E-state index contributed by atoms with van der Waals surface area (Å²) >= 11 is 5.91. The van der Waals surface area contributed by atoms with Crippen LogP contribution < -0.4 is 5.56 Å². The van der Waals surface area contributed by atoms with Crippen molar-refractivity contribution in [1.82, 2.24) is 4.57 Å². The summed E-state index contributed by atoms with van der Waals surface area (Å²) in [4.78, 5) is 23.5. The smallest absolute Gasteiger partial charge is 0.309 e. The fourth-order valence-corrected chi connectivity index (χ4v) is 2.79. The molecule has 0 saturated heterocycles. The van der Waals surface area contributed by atoms with Crippen molar-refractivity contribution in [2.75, 3.05) is 7.11 Å². The van der Waals surface area contributed by atoms with E-state index in [-0.39, 0.29) is 17.9 Å². The minimum atomic E-state index is -0.269. The molecule has 1 heterocycles. The van der Waals surface area contributed by atoms with Crippen LogP contribution in [0.2, 0.25) is 5.02 Å². The van der Waals surface area contributed by atoms with Gasteiger partial charge in [0.2, 0.25) is 0 Å². The number of halogens is 1. The van der Waals surface area contributed by atoms with Gasteiger partial charge in [-0.05, 0) is 40.5 Å². The van der Waals surface area contributed by atoms with Gasteiger partial charge in [0.05, 0.1) is 20.1 Å². The first-order chi connectivity index (χ1) is 12.5. The number of rotatable bonds is 5. The van der Waals surface area contributed by atoms with Gasteiger partial charge in [-0.1, -0.05) is 48.0 Å². The van der Waals surface area contributed by atoms with E-state index >= 15 is 0 Å². The van der Waals surface area contributed by atoms with Crippen LogP contribution >= 0.6 is 11.6 Å². The summed E-state index contributed by atoms with van der Waals surface area (Å²) in [6, 6.07) is 18.4. The van der Waals surface area contributed by atoms with Crippen LogP contribution in [0.4, 0.5) is 0 Å². The molecule has 0 amide bonds. The number of carbonyl (C=O) groups is 1. The van der Waals surface area contributed by atoms with Crippen molar-refractivity contribution in [1.29, 1.82) is 0 Å². The maximum atomic E-state index is 12.2. The highest BCUT2D eigenvalue weighted by molar-refractivity contribution is 6.30. The van der Waals surface area contributed by atoms with E-state index in [2.05, 4.69) is 4.74 Å². The topological polar surface area (TPSA) is 48.3 Å². The number of methoxy groups -OCH3 is 1. The highest BCUT2D eigenvalue weighted by Crippen LogP contribution is 2.19. The Morgan fingerprint density at radius 3 is 2.19 bits per heavy atom. The van der Waals surface area contributed by atoms with Gasteiger partial charge in [0.15, 0.2) is 0 Å². The lowest BCUT2D eigenvalue weighted by Gasteiger charge is -2.09. The zero-order chi connectivity index (χ0) is 18.5. The molecular weight excluding hydrogens is 350 g/mol. The third kappa shape index (κ3) is 4.41. The summed E-state index contributed by atoms with van der Waals surface area (Å²) in [5, 5.41) is 0.668. The monoisotopic (exact) mass is 367 g/mol. The summed E-state index contributed by atoms with van der Waals surface area (Å²) in [6.45, 7) is 0.476. The van der Waals surface area contributed by atoms with Crippen LogP contribution in [0.3, 0.4) is 0 Å². The number of aromatic nitrogens is 1. The van der Waals surface area contributed by atoms with Crippen LogP contribution in [-0.4, -0.2) is 17.6 Å². The Balaban J connectivity index is 1.83. The van der Waals surface area contributed by atoms with Gasteiger partial charge in [-0.25, -0.2) is 0 Å². The molecular formula is C21H18ClNO3. The Hall–Kier alpha value is -2.85. The SMILES string of the molecule is COC(=O)Cc1ccc(-c2ccc(=O)n(Cc3ccc(Cl)cc3)c2)cc1. The number of benzene rings is 2. The Labute approximate surface area is 156 Å². The van der Waals surface area contributed by atoms with Crippen LogP contribution in [0.25, 0.3) is 11.1 Å². The number of esters is 1. The lowest BCUT2D eigenvalue weighted by molar-refractivity contribution is -0.139. The molecule has 0 unspecified atom stereocenters. The van der Waals surface area contributed by atoms with Crippen molar-refractivity contribution in [3.63, 3.8) is 0 Å². The Bertz CT molecular complexity index is 960. The maximum Gasteiger partial charge on any atom is 0.309 e. The molecule has 0 saturated carbocycles. The van der Waals surface area contributed by atoms with Crippen molar-refractivity contribution < 1.29 is 9.53 Å². The number of nitrogens with zero attached hydrogens (tertiary/aromatic N) is 1. The maximum absolute atomic E-state index is 12.2. The minimum Gasteiger partial charge on any atom is -0.469 e. The number of hydrogen-bond donors (Lipinski definition) is 0. The van der Waals surface area contributed by atoms with E-state index in [1.54, 1.807) is 16.7 Å². The van der Waals surface area contributed by atoms with Crippen molar-refractivity contribution in [3.8, 4) is 11.1 Å². The van der Waals surface area contributed by atoms with Gasteiger partial charge in [-0.15, -0.1) is 0 Å².